The van der Waals surface area contributed by atoms with Gasteiger partial charge in [-0.3, -0.25) is 0 Å². The first-order valence-electron chi connectivity index (χ1n) is 8.91. The van der Waals surface area contributed by atoms with Crippen LogP contribution in [0.15, 0.2) is 18.2 Å². The fraction of sp³-hybridized carbons (Fsp3) is 0.556. The molecule has 0 saturated heterocycles. The van der Waals surface area contributed by atoms with Crippen LogP contribution in [-0.4, -0.2) is 41.3 Å². The zero-order valence-corrected chi connectivity index (χ0v) is 14.5. The maximum atomic E-state index is 5.78. The summed E-state index contributed by atoms with van der Waals surface area (Å²) in [6.45, 7) is 6.01. The lowest BCUT2D eigenvalue weighted by Gasteiger charge is -2.24. The van der Waals surface area contributed by atoms with Gasteiger partial charge in [0.05, 0.1) is 6.61 Å². The van der Waals surface area contributed by atoms with Gasteiger partial charge >= 0.3 is 0 Å². The van der Waals surface area contributed by atoms with Crippen LogP contribution in [0, 0.1) is 12.8 Å². The van der Waals surface area contributed by atoms with Crippen LogP contribution in [0.25, 0.3) is 0 Å². The molecule has 2 aromatic rings. The molecule has 4 rings (SSSR count). The van der Waals surface area contributed by atoms with E-state index in [2.05, 4.69) is 20.1 Å². The quantitative estimate of drug-likeness (QED) is 0.774. The van der Waals surface area contributed by atoms with Crippen LogP contribution in [0.3, 0.4) is 0 Å². The van der Waals surface area contributed by atoms with E-state index >= 15 is 0 Å². The molecule has 7 nitrogen and oxygen atoms in total. The second-order valence-electron chi connectivity index (χ2n) is 6.60. The van der Waals surface area contributed by atoms with Crippen molar-refractivity contribution in [1.29, 1.82) is 0 Å². The number of nitrogens with zero attached hydrogens (tertiary/aromatic N) is 3. The summed E-state index contributed by atoms with van der Waals surface area (Å²) in [5.41, 5.74) is 0. The van der Waals surface area contributed by atoms with Crippen molar-refractivity contribution in [2.75, 3.05) is 26.5 Å². The van der Waals surface area contributed by atoms with Crippen molar-refractivity contribution in [2.45, 2.75) is 32.7 Å². The Labute approximate surface area is 147 Å². The monoisotopic (exact) mass is 344 g/mol. The summed E-state index contributed by atoms with van der Waals surface area (Å²) >= 11 is 0. The molecule has 1 aromatic carbocycles. The van der Waals surface area contributed by atoms with Gasteiger partial charge in [0.25, 0.3) is 0 Å². The van der Waals surface area contributed by atoms with Crippen LogP contribution in [0.2, 0.25) is 0 Å². The average Bonchev–Trinajstić information content (AvgIpc) is 3.24. The predicted molar refractivity (Wildman–Crippen MR) is 92.1 cm³/mol. The largest absolute Gasteiger partial charge is 0.493 e. The normalized spacial score (nSPS) is 18.2. The molecule has 0 bridgehead atoms. The van der Waals surface area contributed by atoms with E-state index in [4.69, 9.17) is 14.2 Å². The van der Waals surface area contributed by atoms with Crippen LogP contribution in [-0.2, 0) is 13.0 Å². The third kappa shape index (κ3) is 3.71. The van der Waals surface area contributed by atoms with Gasteiger partial charge in [0, 0.05) is 19.0 Å². The third-order valence-electron chi connectivity index (χ3n) is 4.77. The van der Waals surface area contributed by atoms with Crippen LogP contribution in [0.1, 0.15) is 24.5 Å². The van der Waals surface area contributed by atoms with Gasteiger partial charge in [0.15, 0.2) is 11.5 Å². The molecule has 0 saturated carbocycles. The van der Waals surface area contributed by atoms with Gasteiger partial charge < -0.3 is 24.1 Å². The number of nitrogens with one attached hydrogen (secondary N) is 1. The molecule has 2 aliphatic heterocycles. The first-order valence-corrected chi connectivity index (χ1v) is 8.91. The smallest absolute Gasteiger partial charge is 0.231 e. The van der Waals surface area contributed by atoms with Crippen LogP contribution < -0.4 is 19.5 Å². The Hall–Kier alpha value is -2.28. The van der Waals surface area contributed by atoms with E-state index in [0.29, 0.717) is 19.3 Å². The molecular weight excluding hydrogens is 320 g/mol. The van der Waals surface area contributed by atoms with Crippen molar-refractivity contribution < 1.29 is 14.2 Å². The van der Waals surface area contributed by atoms with E-state index in [1.165, 1.54) is 6.42 Å². The number of fused-ring (bicyclic) bond motifs is 2. The Morgan fingerprint density at radius 1 is 1.28 bits per heavy atom. The average molecular weight is 344 g/mol. The molecule has 0 radical (unpaired) electrons. The van der Waals surface area contributed by atoms with E-state index in [0.717, 1.165) is 61.4 Å². The van der Waals surface area contributed by atoms with Crippen molar-refractivity contribution in [3.8, 4) is 17.2 Å². The topological polar surface area (TPSA) is 70.4 Å². The number of aromatic nitrogens is 3. The minimum Gasteiger partial charge on any atom is -0.493 e. The highest BCUT2D eigenvalue weighted by Crippen LogP contribution is 2.35. The lowest BCUT2D eigenvalue weighted by atomic mass is 9.99. The molecule has 0 spiro atoms. The number of benzene rings is 1. The summed E-state index contributed by atoms with van der Waals surface area (Å²) < 4.78 is 18.7. The van der Waals surface area contributed by atoms with Crippen molar-refractivity contribution >= 4 is 0 Å². The molecule has 1 unspecified atom stereocenters. The van der Waals surface area contributed by atoms with E-state index < -0.39 is 0 Å². The first-order chi connectivity index (χ1) is 12.3. The van der Waals surface area contributed by atoms with Gasteiger partial charge in [-0.05, 0) is 50.9 Å². The van der Waals surface area contributed by atoms with Gasteiger partial charge in [-0.2, -0.15) is 0 Å². The van der Waals surface area contributed by atoms with Crippen LogP contribution >= 0.6 is 0 Å². The maximum Gasteiger partial charge on any atom is 0.231 e. The maximum absolute atomic E-state index is 5.78. The second kappa shape index (κ2) is 7.31. The van der Waals surface area contributed by atoms with Crippen LogP contribution in [0.5, 0.6) is 17.2 Å². The molecule has 0 fully saturated rings. The van der Waals surface area contributed by atoms with Crippen molar-refractivity contribution in [3.63, 3.8) is 0 Å². The van der Waals surface area contributed by atoms with Gasteiger partial charge in [-0.15, -0.1) is 10.2 Å². The number of hydrogen-bond acceptors (Lipinski definition) is 6. The zero-order chi connectivity index (χ0) is 17.1. The number of rotatable bonds is 7. The van der Waals surface area contributed by atoms with Gasteiger partial charge in [0.1, 0.15) is 17.4 Å². The number of aryl methyl sites for hydroxylation is 2. The van der Waals surface area contributed by atoms with Gasteiger partial charge in [-0.1, -0.05) is 0 Å². The second-order valence-corrected chi connectivity index (χ2v) is 6.60. The summed E-state index contributed by atoms with van der Waals surface area (Å²) in [7, 11) is 0. The third-order valence-corrected chi connectivity index (χ3v) is 4.77. The Morgan fingerprint density at radius 2 is 2.20 bits per heavy atom. The minimum absolute atomic E-state index is 0.292. The molecule has 3 heterocycles. The highest BCUT2D eigenvalue weighted by Gasteiger charge is 2.21. The lowest BCUT2D eigenvalue weighted by molar-refractivity contribution is 0.173. The summed E-state index contributed by atoms with van der Waals surface area (Å²) in [6, 6.07) is 5.69. The standard InChI is InChI=1S/C18H24N4O3/c1-13-20-21-18-6-3-14(11-22(13)18)10-19-7-2-8-23-15-4-5-16-17(9-15)25-12-24-16/h4-5,9,14,19H,2-3,6-8,10-12H2,1H3. The molecule has 1 aromatic heterocycles. The molecule has 7 heteroatoms. The van der Waals surface area contributed by atoms with Crippen molar-refractivity contribution in [1.82, 2.24) is 20.1 Å². The van der Waals surface area contributed by atoms with Crippen molar-refractivity contribution in [2.24, 2.45) is 5.92 Å². The van der Waals surface area contributed by atoms with E-state index in [1.54, 1.807) is 0 Å². The fourth-order valence-corrected chi connectivity index (χ4v) is 3.36. The lowest BCUT2D eigenvalue weighted by Crippen LogP contribution is -2.31. The van der Waals surface area contributed by atoms with Gasteiger partial charge in [0.2, 0.25) is 6.79 Å². The molecular formula is C18H24N4O3. The Bertz CT molecular complexity index is 731. The Kier molecular flexibility index (Phi) is 4.74. The molecule has 0 amide bonds. The number of hydrogen-bond donors (Lipinski definition) is 1. The first kappa shape index (κ1) is 16.2. The molecule has 25 heavy (non-hydrogen) atoms. The zero-order valence-electron chi connectivity index (χ0n) is 14.5. The van der Waals surface area contributed by atoms with Crippen molar-refractivity contribution in [3.05, 3.63) is 29.8 Å². The molecule has 1 atom stereocenters. The highest BCUT2D eigenvalue weighted by molar-refractivity contribution is 5.46. The molecule has 2 aliphatic rings. The predicted octanol–water partition coefficient (Wildman–Crippen LogP) is 1.94. The van der Waals surface area contributed by atoms with Crippen LogP contribution in [0.4, 0.5) is 0 Å². The summed E-state index contributed by atoms with van der Waals surface area (Å²) in [4.78, 5) is 0. The molecule has 134 valence electrons. The highest BCUT2D eigenvalue weighted by atomic mass is 16.7. The van der Waals surface area contributed by atoms with E-state index in [-0.39, 0.29) is 0 Å². The summed E-state index contributed by atoms with van der Waals surface area (Å²) in [6.07, 6.45) is 3.18. The Morgan fingerprint density at radius 3 is 3.16 bits per heavy atom. The summed E-state index contributed by atoms with van der Waals surface area (Å²) in [5, 5.41) is 11.9. The number of ether oxygens (including phenoxy) is 3. The SMILES string of the molecule is Cc1nnc2n1CC(CNCCCOc1ccc3c(c1)OCO3)CC2. The fourth-order valence-electron chi connectivity index (χ4n) is 3.36. The molecule has 1 N–H and O–H groups in total. The Balaban J connectivity index is 1.13. The molecule has 0 aliphatic carbocycles. The minimum atomic E-state index is 0.292. The van der Waals surface area contributed by atoms with E-state index in [1.807, 2.05) is 25.1 Å². The summed E-state index contributed by atoms with van der Waals surface area (Å²) in [5.74, 6) is 5.18. The van der Waals surface area contributed by atoms with Gasteiger partial charge in [-0.25, -0.2) is 0 Å². The van der Waals surface area contributed by atoms with E-state index in [9.17, 15) is 0 Å².